The molecule has 2 nitrogen and oxygen atoms in total. The summed E-state index contributed by atoms with van der Waals surface area (Å²) in [5.74, 6) is -0.887. The summed E-state index contributed by atoms with van der Waals surface area (Å²) in [6.45, 7) is 3.94. The van der Waals surface area contributed by atoms with Crippen LogP contribution in [0, 0.1) is 11.2 Å². The normalized spacial score (nSPS) is 18.7. The zero-order chi connectivity index (χ0) is 25.8. The summed E-state index contributed by atoms with van der Waals surface area (Å²) in [7, 11) is 0. The van der Waals surface area contributed by atoms with Crippen LogP contribution >= 0.6 is 0 Å². The third-order valence-electron chi connectivity index (χ3n) is 7.88. The van der Waals surface area contributed by atoms with Crippen LogP contribution in [0.5, 0.6) is 0 Å². The molecule has 2 aliphatic rings. The molecule has 3 aromatic carbocycles. The van der Waals surface area contributed by atoms with Gasteiger partial charge in [-0.15, -0.1) is 0 Å². The standard InChI is InChI=1S/C30H28F4O2/c1-17(2)23-14-20-15-29(12-3-13-29)16-24(35)25(20)26(18-6-10-22(31)11-7-18)27(23)28(36)19-4-8-21(9-5-19)30(32,33)34/h4-11,14,17,24,35H,3,12-13,15-16H2,1-2H3. The number of hydrogen-bond donors (Lipinski definition) is 1. The van der Waals surface area contributed by atoms with E-state index in [9.17, 15) is 27.5 Å². The van der Waals surface area contributed by atoms with E-state index in [1.54, 1.807) is 12.1 Å². The van der Waals surface area contributed by atoms with Gasteiger partial charge in [-0.3, -0.25) is 4.79 Å². The Morgan fingerprint density at radius 3 is 2.19 bits per heavy atom. The van der Waals surface area contributed by atoms with Crippen molar-refractivity contribution in [1.82, 2.24) is 0 Å². The predicted octanol–water partition coefficient (Wildman–Crippen LogP) is 8.02. The van der Waals surface area contributed by atoms with E-state index in [2.05, 4.69) is 0 Å². The van der Waals surface area contributed by atoms with Crippen LogP contribution in [-0.2, 0) is 12.6 Å². The van der Waals surface area contributed by atoms with Crippen LogP contribution < -0.4 is 0 Å². The maximum absolute atomic E-state index is 13.9. The molecule has 1 atom stereocenters. The average Bonchev–Trinajstić information content (AvgIpc) is 2.81. The Morgan fingerprint density at radius 1 is 1.03 bits per heavy atom. The van der Waals surface area contributed by atoms with E-state index in [0.29, 0.717) is 28.7 Å². The first-order valence-corrected chi connectivity index (χ1v) is 12.3. The molecule has 0 bridgehead atoms. The summed E-state index contributed by atoms with van der Waals surface area (Å²) in [5, 5.41) is 11.4. The Hall–Kier alpha value is -2.99. The summed E-state index contributed by atoms with van der Waals surface area (Å²) in [6.07, 6.45) is -0.636. The van der Waals surface area contributed by atoms with Gasteiger partial charge in [-0.1, -0.05) is 50.6 Å². The van der Waals surface area contributed by atoms with Gasteiger partial charge in [0.15, 0.2) is 5.78 Å². The molecule has 3 aromatic rings. The molecule has 0 aromatic heterocycles. The Morgan fingerprint density at radius 2 is 1.67 bits per heavy atom. The number of halogens is 4. The lowest BCUT2D eigenvalue weighted by Gasteiger charge is -2.48. The topological polar surface area (TPSA) is 37.3 Å². The van der Waals surface area contributed by atoms with E-state index < -0.39 is 29.4 Å². The molecule has 5 rings (SSSR count). The summed E-state index contributed by atoms with van der Waals surface area (Å²) < 4.78 is 53.2. The number of carbonyl (C=O) groups is 1. The maximum Gasteiger partial charge on any atom is 0.416 e. The second-order valence-electron chi connectivity index (χ2n) is 10.6. The van der Waals surface area contributed by atoms with Crippen molar-refractivity contribution in [1.29, 1.82) is 0 Å². The first-order chi connectivity index (χ1) is 17.0. The highest BCUT2D eigenvalue weighted by molar-refractivity contribution is 6.14. The van der Waals surface area contributed by atoms with Gasteiger partial charge in [0, 0.05) is 11.1 Å². The van der Waals surface area contributed by atoms with Crippen molar-refractivity contribution in [2.75, 3.05) is 0 Å². The monoisotopic (exact) mass is 496 g/mol. The summed E-state index contributed by atoms with van der Waals surface area (Å²) >= 11 is 0. The minimum atomic E-state index is -4.50. The molecule has 0 aliphatic heterocycles. The van der Waals surface area contributed by atoms with E-state index in [1.807, 2.05) is 19.9 Å². The van der Waals surface area contributed by atoms with Crippen LogP contribution in [-0.4, -0.2) is 10.9 Å². The first kappa shape index (κ1) is 24.7. The summed E-state index contributed by atoms with van der Waals surface area (Å²) in [6, 6.07) is 12.1. The summed E-state index contributed by atoms with van der Waals surface area (Å²) in [4.78, 5) is 13.9. The molecule has 1 saturated carbocycles. The van der Waals surface area contributed by atoms with E-state index in [0.717, 1.165) is 48.9 Å². The molecule has 0 heterocycles. The van der Waals surface area contributed by atoms with Gasteiger partial charge in [0.2, 0.25) is 0 Å². The van der Waals surface area contributed by atoms with Gasteiger partial charge >= 0.3 is 6.18 Å². The quantitative estimate of drug-likeness (QED) is 0.293. The van der Waals surface area contributed by atoms with Crippen LogP contribution in [0.4, 0.5) is 17.6 Å². The zero-order valence-corrected chi connectivity index (χ0v) is 20.3. The van der Waals surface area contributed by atoms with E-state index in [-0.39, 0.29) is 16.9 Å². The molecule has 0 amide bonds. The molecule has 2 aliphatic carbocycles. The SMILES string of the molecule is CC(C)c1cc2c(c(-c3ccc(F)cc3)c1C(=O)c1ccc(C(F)(F)F)cc1)C(O)CC1(CCC1)C2. The van der Waals surface area contributed by atoms with Crippen molar-refractivity contribution < 1.29 is 27.5 Å². The van der Waals surface area contributed by atoms with Gasteiger partial charge in [0.1, 0.15) is 5.82 Å². The van der Waals surface area contributed by atoms with Crippen molar-refractivity contribution in [3.8, 4) is 11.1 Å². The maximum atomic E-state index is 13.9. The van der Waals surface area contributed by atoms with E-state index >= 15 is 0 Å². The second kappa shape index (κ2) is 8.84. The molecular formula is C30H28F4O2. The number of fused-ring (bicyclic) bond motifs is 1. The van der Waals surface area contributed by atoms with E-state index in [1.165, 1.54) is 24.3 Å². The van der Waals surface area contributed by atoms with Gasteiger partial charge in [0.05, 0.1) is 11.7 Å². The predicted molar refractivity (Wildman–Crippen MR) is 130 cm³/mol. The van der Waals surface area contributed by atoms with Gasteiger partial charge < -0.3 is 5.11 Å². The number of hydrogen-bond acceptors (Lipinski definition) is 2. The molecule has 6 heteroatoms. The molecule has 1 fully saturated rings. The van der Waals surface area contributed by atoms with Crippen molar-refractivity contribution in [3.05, 3.63) is 93.8 Å². The van der Waals surface area contributed by atoms with Gasteiger partial charge in [0.25, 0.3) is 0 Å². The van der Waals surface area contributed by atoms with Crippen molar-refractivity contribution in [3.63, 3.8) is 0 Å². The highest BCUT2D eigenvalue weighted by atomic mass is 19.4. The molecule has 1 spiro atoms. The third-order valence-corrected chi connectivity index (χ3v) is 7.88. The lowest BCUT2D eigenvalue weighted by atomic mass is 9.58. The third kappa shape index (κ3) is 4.26. The minimum Gasteiger partial charge on any atom is -0.388 e. The number of alkyl halides is 3. The number of rotatable bonds is 4. The highest BCUT2D eigenvalue weighted by Crippen LogP contribution is 2.56. The first-order valence-electron chi connectivity index (χ1n) is 12.3. The fourth-order valence-corrected chi connectivity index (χ4v) is 5.92. The van der Waals surface area contributed by atoms with Gasteiger partial charge in [-0.2, -0.15) is 13.2 Å². The number of aliphatic hydroxyl groups excluding tert-OH is 1. The van der Waals surface area contributed by atoms with Gasteiger partial charge in [-0.25, -0.2) is 4.39 Å². The van der Waals surface area contributed by atoms with Crippen LogP contribution in [0.3, 0.4) is 0 Å². The van der Waals surface area contributed by atoms with E-state index in [4.69, 9.17) is 0 Å². The Balaban J connectivity index is 1.74. The largest absolute Gasteiger partial charge is 0.416 e. The highest BCUT2D eigenvalue weighted by Gasteiger charge is 2.44. The van der Waals surface area contributed by atoms with Crippen molar-refractivity contribution in [2.45, 2.75) is 64.1 Å². The average molecular weight is 497 g/mol. The van der Waals surface area contributed by atoms with Crippen LogP contribution in [0.25, 0.3) is 11.1 Å². The Kier molecular flexibility index (Phi) is 6.06. The fraction of sp³-hybridized carbons (Fsp3) is 0.367. The lowest BCUT2D eigenvalue weighted by Crippen LogP contribution is -2.37. The van der Waals surface area contributed by atoms with Crippen LogP contribution in [0.1, 0.15) is 89.7 Å². The molecule has 36 heavy (non-hydrogen) atoms. The molecule has 0 saturated heterocycles. The summed E-state index contributed by atoms with van der Waals surface area (Å²) in [5.41, 5.74) is 3.36. The smallest absolute Gasteiger partial charge is 0.388 e. The Labute approximate surface area is 208 Å². The minimum absolute atomic E-state index is 0.0562. The Bertz CT molecular complexity index is 1300. The van der Waals surface area contributed by atoms with Crippen LogP contribution in [0.15, 0.2) is 54.6 Å². The molecular weight excluding hydrogens is 468 g/mol. The lowest BCUT2D eigenvalue weighted by molar-refractivity contribution is -0.137. The van der Waals surface area contributed by atoms with Gasteiger partial charge in [-0.05, 0) is 89.1 Å². The second-order valence-corrected chi connectivity index (χ2v) is 10.6. The number of carbonyl (C=O) groups excluding carboxylic acids is 1. The molecule has 0 radical (unpaired) electrons. The molecule has 1 unspecified atom stereocenters. The molecule has 1 N–H and O–H groups in total. The van der Waals surface area contributed by atoms with Crippen molar-refractivity contribution in [2.24, 2.45) is 5.41 Å². The molecule has 188 valence electrons. The van der Waals surface area contributed by atoms with Crippen LogP contribution in [0.2, 0.25) is 0 Å². The van der Waals surface area contributed by atoms with Crippen molar-refractivity contribution >= 4 is 5.78 Å². The number of aliphatic hydroxyl groups is 1. The fourth-order valence-electron chi connectivity index (χ4n) is 5.92. The zero-order valence-electron chi connectivity index (χ0n) is 20.3. The number of benzene rings is 3. The number of ketones is 1.